The van der Waals surface area contributed by atoms with Crippen LogP contribution in [0.4, 0.5) is 34.1 Å². The van der Waals surface area contributed by atoms with Gasteiger partial charge in [0.1, 0.15) is 0 Å². The predicted molar refractivity (Wildman–Crippen MR) is 257 cm³/mol. The van der Waals surface area contributed by atoms with Crippen LogP contribution in [0.5, 0.6) is 0 Å². The minimum Gasteiger partial charge on any atom is -0.308 e. The van der Waals surface area contributed by atoms with E-state index in [1.807, 2.05) is 0 Å². The van der Waals surface area contributed by atoms with Crippen LogP contribution in [-0.4, -0.2) is 0 Å². The normalized spacial score (nSPS) is 11.3. The van der Waals surface area contributed by atoms with Crippen molar-refractivity contribution in [2.45, 2.75) is 0 Å². The number of hydrogen-bond donors (Lipinski definition) is 0. The van der Waals surface area contributed by atoms with Crippen molar-refractivity contribution in [3.05, 3.63) is 243 Å². The average Bonchev–Trinajstić information content (AvgIpc) is 3.32. The van der Waals surface area contributed by atoms with Crippen LogP contribution in [0.15, 0.2) is 243 Å². The molecule has 0 fully saturated rings. The minimum atomic E-state index is 1.06. The minimum absolute atomic E-state index is 1.06. The van der Waals surface area contributed by atoms with Gasteiger partial charge in [-0.25, -0.2) is 0 Å². The molecule has 0 radical (unpaired) electrons. The summed E-state index contributed by atoms with van der Waals surface area (Å²) in [5.74, 6) is 0. The molecule has 0 bridgehead atoms. The Morgan fingerprint density at radius 3 is 1.17 bits per heavy atom. The SMILES string of the molecule is c1ccc(-c2ccc(-c3cccc(N(c4ccccc4)c4cccc5cc6ccccc6cc45)c3N(c3ccccc3)c3cccc4cc5ccccc5cc34)cc2)cc1. The molecule has 0 saturated heterocycles. The summed E-state index contributed by atoms with van der Waals surface area (Å²) >= 11 is 0. The van der Waals surface area contributed by atoms with Crippen molar-refractivity contribution in [2.24, 2.45) is 0 Å². The van der Waals surface area contributed by atoms with Gasteiger partial charge < -0.3 is 9.80 Å². The van der Waals surface area contributed by atoms with E-state index in [4.69, 9.17) is 0 Å². The van der Waals surface area contributed by atoms with Gasteiger partial charge in [-0.15, -0.1) is 0 Å². The fourth-order valence-electron chi connectivity index (χ4n) is 8.89. The van der Waals surface area contributed by atoms with Crippen LogP contribution < -0.4 is 9.80 Å². The van der Waals surface area contributed by atoms with E-state index in [2.05, 4.69) is 252 Å². The topological polar surface area (TPSA) is 6.48 Å². The van der Waals surface area contributed by atoms with E-state index < -0.39 is 0 Å². The Hall–Kier alpha value is -7.94. The summed E-state index contributed by atoms with van der Waals surface area (Å²) in [6, 6.07) is 88.2. The Balaban J connectivity index is 1.24. The highest BCUT2D eigenvalue weighted by molar-refractivity contribution is 6.11. The number of rotatable bonds is 8. The Morgan fingerprint density at radius 2 is 0.617 bits per heavy atom. The molecule has 60 heavy (non-hydrogen) atoms. The summed E-state index contributed by atoms with van der Waals surface area (Å²) < 4.78 is 0. The molecule has 0 aromatic heterocycles. The van der Waals surface area contributed by atoms with Crippen molar-refractivity contribution >= 4 is 77.2 Å². The van der Waals surface area contributed by atoms with E-state index in [9.17, 15) is 0 Å². The zero-order chi connectivity index (χ0) is 39.8. The van der Waals surface area contributed by atoms with E-state index in [0.717, 1.165) is 45.3 Å². The lowest BCUT2D eigenvalue weighted by Crippen LogP contribution is -2.18. The third-order valence-electron chi connectivity index (χ3n) is 11.7. The fraction of sp³-hybridized carbons (Fsp3) is 0. The molecule has 0 spiro atoms. The van der Waals surface area contributed by atoms with Crippen LogP contribution >= 0.6 is 0 Å². The lowest BCUT2D eigenvalue weighted by atomic mass is 9.95. The lowest BCUT2D eigenvalue weighted by molar-refractivity contribution is 1.24. The van der Waals surface area contributed by atoms with Gasteiger partial charge in [0.15, 0.2) is 0 Å². The number of hydrogen-bond acceptors (Lipinski definition) is 2. The van der Waals surface area contributed by atoms with E-state index in [0.29, 0.717) is 0 Å². The second-order valence-electron chi connectivity index (χ2n) is 15.4. The molecule has 282 valence electrons. The van der Waals surface area contributed by atoms with Crippen LogP contribution in [-0.2, 0) is 0 Å². The van der Waals surface area contributed by atoms with E-state index >= 15 is 0 Å². The average molecular weight is 765 g/mol. The van der Waals surface area contributed by atoms with Gasteiger partial charge in [-0.1, -0.05) is 176 Å². The summed E-state index contributed by atoms with van der Waals surface area (Å²) in [4.78, 5) is 4.95. The molecule has 0 atom stereocenters. The number of fused-ring (bicyclic) bond motifs is 4. The molecule has 11 rings (SSSR count). The molecule has 0 unspecified atom stereocenters. The first kappa shape index (κ1) is 35.2. The number of nitrogens with zero attached hydrogens (tertiary/aromatic N) is 2. The highest BCUT2D eigenvalue weighted by Gasteiger charge is 2.27. The summed E-state index contributed by atoms with van der Waals surface area (Å²) in [7, 11) is 0. The van der Waals surface area contributed by atoms with Gasteiger partial charge >= 0.3 is 0 Å². The Bertz CT molecular complexity index is 3300. The van der Waals surface area contributed by atoms with Crippen molar-refractivity contribution in [3.63, 3.8) is 0 Å². The molecule has 2 heteroatoms. The second kappa shape index (κ2) is 15.1. The standard InChI is InChI=1S/C58H40N2/c1-4-17-41(18-5-1)42-33-35-43(36-34-42)52-29-16-32-57(59(50-25-6-2-7-26-50)55-30-14-23-48-37-44-19-10-12-21-46(44)39-53(48)55)58(52)60(51-27-8-3-9-28-51)56-31-15-24-49-38-45-20-11-13-22-47(45)40-54(49)56/h1-40H. The number of para-hydroxylation sites is 3. The zero-order valence-corrected chi connectivity index (χ0v) is 33.0. The molecule has 0 N–H and O–H groups in total. The third kappa shape index (κ3) is 6.32. The Labute approximate surface area is 350 Å². The monoisotopic (exact) mass is 764 g/mol. The number of benzene rings is 11. The molecule has 0 heterocycles. The van der Waals surface area contributed by atoms with Crippen LogP contribution in [0.25, 0.3) is 65.3 Å². The smallest absolute Gasteiger partial charge is 0.0781 e. The Morgan fingerprint density at radius 1 is 0.233 bits per heavy atom. The van der Waals surface area contributed by atoms with Crippen molar-refractivity contribution in [1.29, 1.82) is 0 Å². The lowest BCUT2D eigenvalue weighted by Gasteiger charge is -2.35. The van der Waals surface area contributed by atoms with Gasteiger partial charge in [-0.3, -0.25) is 0 Å². The van der Waals surface area contributed by atoms with Crippen LogP contribution in [0, 0.1) is 0 Å². The fourth-order valence-corrected chi connectivity index (χ4v) is 8.89. The molecule has 11 aromatic carbocycles. The molecular weight excluding hydrogens is 725 g/mol. The van der Waals surface area contributed by atoms with Gasteiger partial charge in [-0.2, -0.15) is 0 Å². The Kier molecular flexibility index (Phi) is 8.87. The maximum Gasteiger partial charge on any atom is 0.0781 e. The van der Waals surface area contributed by atoms with Gasteiger partial charge in [0.05, 0.1) is 22.7 Å². The van der Waals surface area contributed by atoms with E-state index in [-0.39, 0.29) is 0 Å². The first-order valence-corrected chi connectivity index (χ1v) is 20.6. The molecule has 2 nitrogen and oxygen atoms in total. The molecule has 0 saturated carbocycles. The van der Waals surface area contributed by atoms with Crippen LogP contribution in [0.1, 0.15) is 0 Å². The second-order valence-corrected chi connectivity index (χ2v) is 15.4. The third-order valence-corrected chi connectivity index (χ3v) is 11.7. The largest absolute Gasteiger partial charge is 0.308 e. The molecule has 0 aliphatic heterocycles. The maximum absolute atomic E-state index is 2.49. The summed E-state index contributed by atoms with van der Waals surface area (Å²) in [5, 5.41) is 9.65. The highest BCUT2D eigenvalue weighted by atomic mass is 15.2. The van der Waals surface area contributed by atoms with Crippen molar-refractivity contribution in [2.75, 3.05) is 9.80 Å². The van der Waals surface area contributed by atoms with Crippen molar-refractivity contribution < 1.29 is 0 Å². The summed E-state index contributed by atoms with van der Waals surface area (Å²) in [5.41, 5.74) is 11.2. The van der Waals surface area contributed by atoms with Crippen molar-refractivity contribution in [1.82, 2.24) is 0 Å². The molecule has 0 amide bonds. The quantitative estimate of drug-likeness (QED) is 0.142. The summed E-state index contributed by atoms with van der Waals surface area (Å²) in [6.07, 6.45) is 0. The van der Waals surface area contributed by atoms with Gasteiger partial charge in [0.2, 0.25) is 0 Å². The zero-order valence-electron chi connectivity index (χ0n) is 33.0. The van der Waals surface area contributed by atoms with E-state index in [1.54, 1.807) is 0 Å². The van der Waals surface area contributed by atoms with Gasteiger partial charge in [0, 0.05) is 27.7 Å². The maximum atomic E-state index is 2.49. The highest BCUT2D eigenvalue weighted by Crippen LogP contribution is 2.52. The first-order chi connectivity index (χ1) is 29.8. The van der Waals surface area contributed by atoms with Crippen LogP contribution in [0.3, 0.4) is 0 Å². The van der Waals surface area contributed by atoms with Crippen molar-refractivity contribution in [3.8, 4) is 22.3 Å². The molecule has 0 aliphatic carbocycles. The van der Waals surface area contributed by atoms with E-state index in [1.165, 1.54) is 54.2 Å². The predicted octanol–water partition coefficient (Wildman–Crippen LogP) is 16.6. The molecular formula is C58H40N2. The number of anilines is 6. The molecule has 0 aliphatic rings. The first-order valence-electron chi connectivity index (χ1n) is 20.6. The van der Waals surface area contributed by atoms with Gasteiger partial charge in [-0.05, 0) is 116 Å². The van der Waals surface area contributed by atoms with Crippen LogP contribution in [0.2, 0.25) is 0 Å². The summed E-state index contributed by atoms with van der Waals surface area (Å²) in [6.45, 7) is 0. The van der Waals surface area contributed by atoms with Gasteiger partial charge in [0.25, 0.3) is 0 Å². The molecule has 11 aromatic rings.